The van der Waals surface area contributed by atoms with Crippen LogP contribution in [0, 0.1) is 0 Å². The Morgan fingerprint density at radius 3 is 2.84 bits per heavy atom. The van der Waals surface area contributed by atoms with Crippen LogP contribution in [0.5, 0.6) is 5.75 Å². The predicted octanol–water partition coefficient (Wildman–Crippen LogP) is 4.40. The SMILES string of the molecule is Oc1ccc(NCc2coc3ccccc23)cc1Cl. The summed E-state index contributed by atoms with van der Waals surface area (Å²) in [5.74, 6) is 0.0842. The summed E-state index contributed by atoms with van der Waals surface area (Å²) < 4.78 is 5.47. The van der Waals surface area contributed by atoms with E-state index in [1.54, 1.807) is 24.5 Å². The van der Waals surface area contributed by atoms with Gasteiger partial charge in [-0.15, -0.1) is 0 Å². The highest BCUT2D eigenvalue weighted by atomic mass is 35.5. The number of benzene rings is 2. The number of rotatable bonds is 3. The molecule has 1 heterocycles. The van der Waals surface area contributed by atoms with Crippen molar-refractivity contribution >= 4 is 28.3 Å². The van der Waals surface area contributed by atoms with E-state index in [0.717, 1.165) is 22.2 Å². The van der Waals surface area contributed by atoms with Gasteiger partial charge in [0.05, 0.1) is 11.3 Å². The van der Waals surface area contributed by atoms with Crippen molar-refractivity contribution in [3.63, 3.8) is 0 Å². The molecule has 0 radical (unpaired) electrons. The van der Waals surface area contributed by atoms with Crippen molar-refractivity contribution in [2.24, 2.45) is 0 Å². The molecule has 0 aliphatic rings. The number of phenols is 1. The average Bonchev–Trinajstić information content (AvgIpc) is 2.83. The summed E-state index contributed by atoms with van der Waals surface area (Å²) in [6, 6.07) is 12.9. The van der Waals surface area contributed by atoms with Crippen LogP contribution in [0.2, 0.25) is 5.02 Å². The van der Waals surface area contributed by atoms with Gasteiger partial charge in [-0.1, -0.05) is 29.8 Å². The van der Waals surface area contributed by atoms with Gasteiger partial charge in [-0.2, -0.15) is 0 Å². The molecule has 0 aliphatic carbocycles. The summed E-state index contributed by atoms with van der Waals surface area (Å²) >= 11 is 5.86. The summed E-state index contributed by atoms with van der Waals surface area (Å²) in [7, 11) is 0. The third-order valence-electron chi connectivity index (χ3n) is 2.99. The smallest absolute Gasteiger partial charge is 0.134 e. The van der Waals surface area contributed by atoms with E-state index in [9.17, 15) is 5.11 Å². The van der Waals surface area contributed by atoms with E-state index in [-0.39, 0.29) is 5.75 Å². The monoisotopic (exact) mass is 273 g/mol. The summed E-state index contributed by atoms with van der Waals surface area (Å²) in [6.45, 7) is 0.637. The first kappa shape index (κ1) is 11.9. The minimum atomic E-state index is 0.0842. The Bertz CT molecular complexity index is 721. The molecule has 3 aromatic rings. The predicted molar refractivity (Wildman–Crippen MR) is 76.7 cm³/mol. The van der Waals surface area contributed by atoms with E-state index >= 15 is 0 Å². The number of phenolic OH excluding ortho intramolecular Hbond substituents is 1. The molecule has 1 aromatic heterocycles. The fraction of sp³-hybridized carbons (Fsp3) is 0.0667. The molecule has 2 aromatic carbocycles. The van der Waals surface area contributed by atoms with Crippen LogP contribution in [0.25, 0.3) is 11.0 Å². The van der Waals surface area contributed by atoms with E-state index in [1.165, 1.54) is 0 Å². The molecule has 96 valence electrons. The molecule has 0 spiro atoms. The molecule has 2 N–H and O–H groups in total. The summed E-state index contributed by atoms with van der Waals surface area (Å²) in [4.78, 5) is 0. The van der Waals surface area contributed by atoms with E-state index in [0.29, 0.717) is 11.6 Å². The zero-order valence-electron chi connectivity index (χ0n) is 10.1. The second kappa shape index (κ2) is 4.86. The fourth-order valence-corrected chi connectivity index (χ4v) is 2.16. The number of aromatic hydroxyl groups is 1. The minimum absolute atomic E-state index is 0.0842. The number of anilines is 1. The molecule has 0 bridgehead atoms. The van der Waals surface area contributed by atoms with Crippen LogP contribution in [-0.4, -0.2) is 5.11 Å². The second-order valence-corrected chi connectivity index (χ2v) is 4.68. The summed E-state index contributed by atoms with van der Waals surface area (Å²) in [6.07, 6.45) is 1.75. The van der Waals surface area contributed by atoms with E-state index in [1.807, 2.05) is 24.3 Å². The van der Waals surface area contributed by atoms with E-state index in [2.05, 4.69) is 5.32 Å². The van der Waals surface area contributed by atoms with Crippen molar-refractivity contribution in [3.05, 3.63) is 59.3 Å². The quantitative estimate of drug-likeness (QED) is 0.695. The van der Waals surface area contributed by atoms with Crippen LogP contribution in [0.4, 0.5) is 5.69 Å². The third kappa shape index (κ3) is 2.37. The van der Waals surface area contributed by atoms with Crippen molar-refractivity contribution in [2.75, 3.05) is 5.32 Å². The van der Waals surface area contributed by atoms with Gasteiger partial charge >= 0.3 is 0 Å². The van der Waals surface area contributed by atoms with Crippen LogP contribution in [0.15, 0.2) is 53.1 Å². The van der Waals surface area contributed by atoms with Crippen LogP contribution in [0.1, 0.15) is 5.56 Å². The number of nitrogens with one attached hydrogen (secondary N) is 1. The fourth-order valence-electron chi connectivity index (χ4n) is 1.98. The van der Waals surface area contributed by atoms with Crippen LogP contribution < -0.4 is 5.32 Å². The molecular weight excluding hydrogens is 262 g/mol. The molecule has 0 unspecified atom stereocenters. The molecule has 0 atom stereocenters. The maximum atomic E-state index is 9.36. The van der Waals surface area contributed by atoms with Gasteiger partial charge in [0.1, 0.15) is 11.3 Å². The lowest BCUT2D eigenvalue weighted by molar-refractivity contribution is 0.475. The maximum absolute atomic E-state index is 9.36. The van der Waals surface area contributed by atoms with Gasteiger partial charge in [-0.3, -0.25) is 0 Å². The first-order valence-corrected chi connectivity index (χ1v) is 6.29. The Morgan fingerprint density at radius 2 is 2.00 bits per heavy atom. The van der Waals surface area contributed by atoms with E-state index < -0.39 is 0 Å². The van der Waals surface area contributed by atoms with Crippen molar-refractivity contribution in [1.82, 2.24) is 0 Å². The first-order valence-electron chi connectivity index (χ1n) is 5.91. The maximum Gasteiger partial charge on any atom is 0.134 e. The third-order valence-corrected chi connectivity index (χ3v) is 3.29. The number of hydrogen-bond donors (Lipinski definition) is 2. The molecule has 0 amide bonds. The molecule has 4 heteroatoms. The first-order chi connectivity index (χ1) is 9.24. The average molecular weight is 274 g/mol. The Labute approximate surface area is 115 Å². The molecule has 0 saturated heterocycles. The Balaban J connectivity index is 1.80. The van der Waals surface area contributed by atoms with Crippen molar-refractivity contribution in [2.45, 2.75) is 6.54 Å². The highest BCUT2D eigenvalue weighted by molar-refractivity contribution is 6.32. The molecule has 0 fully saturated rings. The van der Waals surface area contributed by atoms with Crippen LogP contribution in [-0.2, 0) is 6.54 Å². The standard InChI is InChI=1S/C15H12ClNO2/c16-13-7-11(5-6-14(13)18)17-8-10-9-19-15-4-2-1-3-12(10)15/h1-7,9,17-18H,8H2. The molecule has 3 rings (SSSR count). The molecule has 0 saturated carbocycles. The largest absolute Gasteiger partial charge is 0.506 e. The van der Waals surface area contributed by atoms with Gasteiger partial charge in [0.2, 0.25) is 0 Å². The van der Waals surface area contributed by atoms with Crippen LogP contribution >= 0.6 is 11.6 Å². The molecule has 0 aliphatic heterocycles. The lowest BCUT2D eigenvalue weighted by Gasteiger charge is -2.06. The van der Waals surface area contributed by atoms with Crippen molar-refractivity contribution in [3.8, 4) is 5.75 Å². The molecule has 19 heavy (non-hydrogen) atoms. The lowest BCUT2D eigenvalue weighted by atomic mass is 10.2. The van der Waals surface area contributed by atoms with E-state index in [4.69, 9.17) is 16.0 Å². The highest BCUT2D eigenvalue weighted by Gasteiger charge is 2.05. The summed E-state index contributed by atoms with van der Waals surface area (Å²) in [5, 5.41) is 14.0. The number of halogens is 1. The van der Waals surface area contributed by atoms with Gasteiger partial charge < -0.3 is 14.8 Å². The zero-order valence-corrected chi connectivity index (χ0v) is 10.8. The number of furan rings is 1. The van der Waals surface area contributed by atoms with Gasteiger partial charge in [0.15, 0.2) is 0 Å². The topological polar surface area (TPSA) is 45.4 Å². The lowest BCUT2D eigenvalue weighted by Crippen LogP contribution is -1.98. The Morgan fingerprint density at radius 1 is 1.16 bits per heavy atom. The second-order valence-electron chi connectivity index (χ2n) is 4.28. The number of para-hydroxylation sites is 1. The highest BCUT2D eigenvalue weighted by Crippen LogP contribution is 2.27. The van der Waals surface area contributed by atoms with Crippen molar-refractivity contribution in [1.29, 1.82) is 0 Å². The Hall–Kier alpha value is -2.13. The normalized spacial score (nSPS) is 10.8. The van der Waals surface area contributed by atoms with Gasteiger partial charge in [-0.25, -0.2) is 0 Å². The van der Waals surface area contributed by atoms with Gasteiger partial charge in [0.25, 0.3) is 0 Å². The zero-order chi connectivity index (χ0) is 13.2. The number of fused-ring (bicyclic) bond motifs is 1. The van der Waals surface area contributed by atoms with Crippen LogP contribution in [0.3, 0.4) is 0 Å². The van der Waals surface area contributed by atoms with Crippen molar-refractivity contribution < 1.29 is 9.52 Å². The number of hydrogen-bond acceptors (Lipinski definition) is 3. The Kier molecular flexibility index (Phi) is 3.05. The summed E-state index contributed by atoms with van der Waals surface area (Å²) in [5.41, 5.74) is 2.82. The van der Waals surface area contributed by atoms with Gasteiger partial charge in [0, 0.05) is 23.2 Å². The molecule has 3 nitrogen and oxygen atoms in total. The minimum Gasteiger partial charge on any atom is -0.506 e. The van der Waals surface area contributed by atoms with Gasteiger partial charge in [-0.05, 0) is 24.3 Å². The molecular formula is C15H12ClNO2.